The molecule has 0 spiro atoms. The zero-order valence-corrected chi connectivity index (χ0v) is 12.1. The summed E-state index contributed by atoms with van der Waals surface area (Å²) >= 11 is 1.55. The molecule has 0 aliphatic heterocycles. The lowest BCUT2D eigenvalue weighted by atomic mass is 10.1. The number of nitrogens with one attached hydrogen (secondary N) is 1. The van der Waals surface area contributed by atoms with Gasteiger partial charge in [0.2, 0.25) is 0 Å². The van der Waals surface area contributed by atoms with Crippen LogP contribution in [0.5, 0.6) is 0 Å². The summed E-state index contributed by atoms with van der Waals surface area (Å²) in [6, 6.07) is 2.55. The first kappa shape index (κ1) is 15.9. The van der Waals surface area contributed by atoms with E-state index in [1.54, 1.807) is 17.5 Å². The summed E-state index contributed by atoms with van der Waals surface area (Å²) in [6.45, 7) is 2.63. The first-order valence-corrected chi connectivity index (χ1v) is 7.21. The van der Waals surface area contributed by atoms with Crippen LogP contribution < -0.4 is 5.32 Å². The third-order valence-corrected chi connectivity index (χ3v) is 3.98. The van der Waals surface area contributed by atoms with Gasteiger partial charge >= 0.3 is 6.18 Å². The molecule has 7 heteroatoms. The lowest BCUT2D eigenvalue weighted by Crippen LogP contribution is -2.14. The Morgan fingerprint density at radius 1 is 1.19 bits per heavy atom. The van der Waals surface area contributed by atoms with E-state index in [0.717, 1.165) is 28.4 Å². The molecule has 1 N–H and O–H groups in total. The largest absolute Gasteiger partial charge is 0.416 e. The van der Waals surface area contributed by atoms with Crippen LogP contribution in [0.15, 0.2) is 24.4 Å². The van der Waals surface area contributed by atoms with Gasteiger partial charge in [-0.05, 0) is 30.2 Å². The van der Waals surface area contributed by atoms with Gasteiger partial charge in [-0.3, -0.25) is 0 Å². The minimum absolute atomic E-state index is 0.155. The molecular formula is C14H14F4N2S. The van der Waals surface area contributed by atoms with E-state index >= 15 is 0 Å². The Kier molecular flexibility index (Phi) is 4.95. The Morgan fingerprint density at radius 3 is 2.57 bits per heavy atom. The average molecular weight is 318 g/mol. The molecule has 2 nitrogen and oxygen atoms in total. The van der Waals surface area contributed by atoms with Gasteiger partial charge in [-0.15, -0.1) is 11.3 Å². The molecule has 1 heterocycles. The number of benzene rings is 1. The van der Waals surface area contributed by atoms with Crippen LogP contribution in [-0.4, -0.2) is 4.98 Å². The second-order valence-electron chi connectivity index (χ2n) is 4.52. The maximum absolute atomic E-state index is 13.2. The van der Waals surface area contributed by atoms with Crippen molar-refractivity contribution < 1.29 is 17.6 Å². The number of alkyl halides is 3. The average Bonchev–Trinajstić information content (AvgIpc) is 2.85. The summed E-state index contributed by atoms with van der Waals surface area (Å²) in [5.41, 5.74) is -0.712. The van der Waals surface area contributed by atoms with Crippen molar-refractivity contribution in [2.24, 2.45) is 0 Å². The molecule has 0 radical (unpaired) electrons. The van der Waals surface area contributed by atoms with E-state index in [1.807, 2.05) is 6.92 Å². The molecule has 0 bridgehead atoms. The zero-order valence-electron chi connectivity index (χ0n) is 11.3. The molecule has 0 aliphatic carbocycles. The monoisotopic (exact) mass is 318 g/mol. The summed E-state index contributed by atoms with van der Waals surface area (Å²) < 4.78 is 51.0. The fraction of sp³-hybridized carbons (Fsp3) is 0.357. The molecule has 0 saturated carbocycles. The number of halogens is 4. The highest BCUT2D eigenvalue weighted by atomic mass is 32.1. The van der Waals surface area contributed by atoms with Crippen LogP contribution in [0.2, 0.25) is 0 Å². The van der Waals surface area contributed by atoms with E-state index in [9.17, 15) is 17.6 Å². The summed E-state index contributed by atoms with van der Waals surface area (Å²) in [5, 5.41) is 3.84. The predicted octanol–water partition coefficient (Wildman–Crippen LogP) is 4.15. The summed E-state index contributed by atoms with van der Waals surface area (Å²) in [4.78, 5) is 5.34. The number of thiazole rings is 1. The number of aromatic nitrogens is 1. The highest BCUT2D eigenvalue weighted by Gasteiger charge is 2.31. The Bertz CT molecular complexity index is 607. The van der Waals surface area contributed by atoms with Crippen molar-refractivity contribution in [3.8, 4) is 0 Å². The van der Waals surface area contributed by atoms with Gasteiger partial charge in [0.25, 0.3) is 0 Å². The van der Waals surface area contributed by atoms with Gasteiger partial charge < -0.3 is 5.32 Å². The first-order valence-electron chi connectivity index (χ1n) is 6.39. The molecule has 2 rings (SSSR count). The van der Waals surface area contributed by atoms with Crippen molar-refractivity contribution in [2.75, 3.05) is 0 Å². The SMILES string of the molecule is CCc1cnc(CNCc2cc(F)cc(C(F)(F)F)c2)s1. The highest BCUT2D eigenvalue weighted by Crippen LogP contribution is 2.30. The number of aryl methyl sites for hydroxylation is 1. The maximum atomic E-state index is 13.2. The van der Waals surface area contributed by atoms with Crippen molar-refractivity contribution in [3.63, 3.8) is 0 Å². The van der Waals surface area contributed by atoms with Crippen molar-refractivity contribution >= 4 is 11.3 Å². The molecule has 0 atom stereocenters. The van der Waals surface area contributed by atoms with Gasteiger partial charge in [0.15, 0.2) is 0 Å². The van der Waals surface area contributed by atoms with Crippen molar-refractivity contribution in [1.82, 2.24) is 10.3 Å². The smallest absolute Gasteiger partial charge is 0.306 e. The van der Waals surface area contributed by atoms with Crippen molar-refractivity contribution in [2.45, 2.75) is 32.6 Å². The number of hydrogen-bond donors (Lipinski definition) is 1. The Hall–Kier alpha value is -1.47. The number of nitrogens with zero attached hydrogens (tertiary/aromatic N) is 1. The second-order valence-corrected chi connectivity index (χ2v) is 5.72. The van der Waals surface area contributed by atoms with Gasteiger partial charge in [0.05, 0.1) is 5.56 Å². The topological polar surface area (TPSA) is 24.9 Å². The highest BCUT2D eigenvalue weighted by molar-refractivity contribution is 7.11. The quantitative estimate of drug-likeness (QED) is 0.838. The molecule has 1 aromatic carbocycles. The fourth-order valence-corrected chi connectivity index (χ4v) is 2.66. The van der Waals surface area contributed by atoms with Gasteiger partial charge in [-0.1, -0.05) is 6.92 Å². The molecule has 0 aliphatic rings. The van der Waals surface area contributed by atoms with Gasteiger partial charge in [-0.2, -0.15) is 13.2 Å². The Labute approximate surface area is 123 Å². The summed E-state index contributed by atoms with van der Waals surface area (Å²) in [7, 11) is 0. The molecule has 0 fully saturated rings. The van der Waals surface area contributed by atoms with E-state index in [1.165, 1.54) is 0 Å². The van der Waals surface area contributed by atoms with Crippen LogP contribution in [0.4, 0.5) is 17.6 Å². The van der Waals surface area contributed by atoms with Crippen LogP contribution in [0.25, 0.3) is 0 Å². The Balaban J connectivity index is 1.98. The summed E-state index contributed by atoms with van der Waals surface area (Å²) in [6.07, 6.45) is -1.86. The number of rotatable bonds is 5. The van der Waals surface area contributed by atoms with Crippen LogP contribution in [0.1, 0.15) is 27.9 Å². The van der Waals surface area contributed by atoms with Crippen LogP contribution in [-0.2, 0) is 25.7 Å². The second kappa shape index (κ2) is 6.53. The Morgan fingerprint density at radius 2 is 1.95 bits per heavy atom. The molecule has 114 valence electrons. The van der Waals surface area contributed by atoms with Gasteiger partial charge in [0, 0.05) is 24.2 Å². The molecule has 0 amide bonds. The van der Waals surface area contributed by atoms with Crippen LogP contribution in [0.3, 0.4) is 0 Å². The minimum atomic E-state index is -4.54. The van der Waals surface area contributed by atoms with E-state index in [-0.39, 0.29) is 12.1 Å². The fourth-order valence-electron chi connectivity index (χ4n) is 1.82. The van der Waals surface area contributed by atoms with Crippen LogP contribution >= 0.6 is 11.3 Å². The predicted molar refractivity (Wildman–Crippen MR) is 73.4 cm³/mol. The van der Waals surface area contributed by atoms with Gasteiger partial charge in [-0.25, -0.2) is 9.37 Å². The van der Waals surface area contributed by atoms with E-state index in [0.29, 0.717) is 12.6 Å². The normalized spacial score (nSPS) is 11.9. The lowest BCUT2D eigenvalue weighted by molar-refractivity contribution is -0.137. The van der Waals surface area contributed by atoms with Gasteiger partial charge in [0.1, 0.15) is 10.8 Å². The number of hydrogen-bond acceptors (Lipinski definition) is 3. The molecule has 2 aromatic rings. The zero-order chi connectivity index (χ0) is 15.5. The third kappa shape index (κ3) is 4.50. The van der Waals surface area contributed by atoms with E-state index in [2.05, 4.69) is 10.3 Å². The van der Waals surface area contributed by atoms with E-state index in [4.69, 9.17) is 0 Å². The molecule has 0 saturated heterocycles. The molecule has 21 heavy (non-hydrogen) atoms. The van der Waals surface area contributed by atoms with E-state index < -0.39 is 17.6 Å². The third-order valence-electron chi connectivity index (χ3n) is 2.84. The first-order chi connectivity index (χ1) is 9.88. The maximum Gasteiger partial charge on any atom is 0.416 e. The molecule has 1 aromatic heterocycles. The minimum Gasteiger partial charge on any atom is -0.306 e. The molecule has 0 unspecified atom stereocenters. The van der Waals surface area contributed by atoms with Crippen molar-refractivity contribution in [3.05, 3.63) is 51.2 Å². The summed E-state index contributed by atoms with van der Waals surface area (Å²) in [5.74, 6) is -0.885. The lowest BCUT2D eigenvalue weighted by Gasteiger charge is -2.09. The molecular weight excluding hydrogens is 304 g/mol. The van der Waals surface area contributed by atoms with Crippen molar-refractivity contribution in [1.29, 1.82) is 0 Å². The standard InChI is InChI=1S/C14H14F4N2S/c1-2-12-7-20-13(21-12)8-19-6-9-3-10(14(16,17)18)5-11(15)4-9/h3-5,7,19H,2,6,8H2,1H3. The van der Waals surface area contributed by atoms with Crippen LogP contribution in [0, 0.1) is 5.82 Å².